The minimum Gasteiger partial charge on any atom is -0.478 e. The maximum Gasteiger partial charge on any atom is 0.335 e. The van der Waals surface area contributed by atoms with Gasteiger partial charge in [-0.05, 0) is 53.4 Å². The topological polar surface area (TPSA) is 49.3 Å². The van der Waals surface area contributed by atoms with E-state index >= 15 is 0 Å². The Balaban J connectivity index is 2.02. The fourth-order valence-corrected chi connectivity index (χ4v) is 2.44. The van der Waals surface area contributed by atoms with Crippen LogP contribution in [-0.4, -0.2) is 17.1 Å². The Morgan fingerprint density at radius 1 is 1.59 bits per heavy atom. The lowest BCUT2D eigenvalue weighted by Gasteiger charge is -2.16. The van der Waals surface area contributed by atoms with Crippen LogP contribution in [0.5, 0.6) is 0 Å². The largest absolute Gasteiger partial charge is 0.478 e. The molecule has 0 amide bonds. The van der Waals surface area contributed by atoms with Crippen LogP contribution in [0.1, 0.15) is 36.5 Å². The van der Waals surface area contributed by atoms with Crippen molar-refractivity contribution < 1.29 is 9.90 Å². The Labute approximate surface area is 109 Å². The molecule has 1 aliphatic rings. The average Bonchev–Trinajstić information content (AvgIpc) is 3.04. The van der Waals surface area contributed by atoms with Gasteiger partial charge >= 0.3 is 5.97 Å². The summed E-state index contributed by atoms with van der Waals surface area (Å²) in [5.41, 5.74) is 1.26. The van der Waals surface area contributed by atoms with E-state index in [0.717, 1.165) is 16.1 Å². The van der Waals surface area contributed by atoms with Crippen molar-refractivity contribution >= 4 is 27.6 Å². The molecule has 92 valence electrons. The van der Waals surface area contributed by atoms with Crippen molar-refractivity contribution in [3.63, 3.8) is 0 Å². The third-order valence-electron chi connectivity index (χ3n) is 3.00. The van der Waals surface area contributed by atoms with Crippen LogP contribution in [0.4, 0.5) is 5.69 Å². The van der Waals surface area contributed by atoms with Crippen molar-refractivity contribution in [2.45, 2.75) is 32.2 Å². The normalized spacial score (nSPS) is 16.6. The van der Waals surface area contributed by atoms with E-state index in [9.17, 15) is 4.79 Å². The second-order valence-corrected chi connectivity index (χ2v) is 5.58. The first kappa shape index (κ1) is 12.4. The van der Waals surface area contributed by atoms with Gasteiger partial charge in [0, 0.05) is 16.2 Å². The summed E-state index contributed by atoms with van der Waals surface area (Å²) in [5.74, 6) is -0.0159. The molecule has 1 fully saturated rings. The van der Waals surface area contributed by atoms with Crippen LogP contribution in [0, 0.1) is 5.92 Å². The molecule has 3 nitrogen and oxygen atoms in total. The highest BCUT2D eigenvalue weighted by molar-refractivity contribution is 9.10. The molecule has 1 saturated carbocycles. The molecular formula is C13H16BrNO2. The van der Waals surface area contributed by atoms with Gasteiger partial charge in [0.1, 0.15) is 0 Å². The summed E-state index contributed by atoms with van der Waals surface area (Å²) >= 11 is 3.40. The van der Waals surface area contributed by atoms with Crippen LogP contribution in [0.15, 0.2) is 22.7 Å². The van der Waals surface area contributed by atoms with Gasteiger partial charge in [-0.1, -0.05) is 12.8 Å². The van der Waals surface area contributed by atoms with E-state index in [1.165, 1.54) is 19.3 Å². The molecule has 1 unspecified atom stereocenters. The first-order valence-electron chi connectivity index (χ1n) is 5.85. The zero-order chi connectivity index (χ0) is 12.4. The summed E-state index contributed by atoms with van der Waals surface area (Å²) in [5, 5.41) is 12.3. The average molecular weight is 298 g/mol. The van der Waals surface area contributed by atoms with E-state index in [2.05, 4.69) is 28.2 Å². The van der Waals surface area contributed by atoms with Crippen LogP contribution < -0.4 is 5.32 Å². The number of carboxylic acid groups (broad SMARTS) is 1. The van der Waals surface area contributed by atoms with E-state index < -0.39 is 5.97 Å². The minimum atomic E-state index is -0.900. The van der Waals surface area contributed by atoms with E-state index in [4.69, 9.17) is 5.11 Å². The first-order chi connectivity index (χ1) is 8.06. The number of hydrogen-bond donors (Lipinski definition) is 2. The smallest absolute Gasteiger partial charge is 0.335 e. The molecule has 0 bridgehead atoms. The molecule has 2 N–H and O–H groups in total. The number of anilines is 1. The lowest BCUT2D eigenvalue weighted by Crippen LogP contribution is -2.16. The van der Waals surface area contributed by atoms with Crippen LogP contribution in [0.3, 0.4) is 0 Å². The molecular weight excluding hydrogens is 282 g/mol. The lowest BCUT2D eigenvalue weighted by molar-refractivity contribution is 0.0697. The quantitative estimate of drug-likeness (QED) is 0.870. The minimum absolute atomic E-state index is 0.303. The van der Waals surface area contributed by atoms with Crippen molar-refractivity contribution in [3.8, 4) is 0 Å². The number of carbonyl (C=O) groups is 1. The third kappa shape index (κ3) is 3.46. The lowest BCUT2D eigenvalue weighted by atomic mass is 10.1. The van der Waals surface area contributed by atoms with Crippen LogP contribution in [0.2, 0.25) is 0 Å². The van der Waals surface area contributed by atoms with Gasteiger partial charge in [0.2, 0.25) is 0 Å². The summed E-state index contributed by atoms with van der Waals surface area (Å²) in [4.78, 5) is 10.8. The Morgan fingerprint density at radius 2 is 2.29 bits per heavy atom. The van der Waals surface area contributed by atoms with Crippen molar-refractivity contribution in [3.05, 3.63) is 28.2 Å². The van der Waals surface area contributed by atoms with E-state index in [0.29, 0.717) is 11.6 Å². The third-order valence-corrected chi connectivity index (χ3v) is 3.66. The SMILES string of the molecule is CC(CC1CC1)Nc1ccc(C(=O)O)cc1Br. The number of benzene rings is 1. The van der Waals surface area contributed by atoms with Gasteiger partial charge < -0.3 is 10.4 Å². The Bertz CT molecular complexity index is 429. The van der Waals surface area contributed by atoms with Gasteiger partial charge in [0.15, 0.2) is 0 Å². The number of halogens is 1. The summed E-state index contributed by atoms with van der Waals surface area (Å²) < 4.78 is 0.806. The summed E-state index contributed by atoms with van der Waals surface area (Å²) in [6, 6.07) is 5.50. The fraction of sp³-hybridized carbons (Fsp3) is 0.462. The van der Waals surface area contributed by atoms with Crippen molar-refractivity contribution in [2.75, 3.05) is 5.32 Å². The number of rotatable bonds is 5. The second-order valence-electron chi connectivity index (χ2n) is 4.72. The molecule has 4 heteroatoms. The zero-order valence-corrected chi connectivity index (χ0v) is 11.3. The van der Waals surface area contributed by atoms with E-state index in [1.807, 2.05) is 6.07 Å². The van der Waals surface area contributed by atoms with Crippen molar-refractivity contribution in [1.29, 1.82) is 0 Å². The first-order valence-corrected chi connectivity index (χ1v) is 6.65. The standard InChI is InChI=1S/C13H16BrNO2/c1-8(6-9-2-3-9)15-12-5-4-10(13(16)17)7-11(12)14/h4-5,7-9,15H,2-3,6H2,1H3,(H,16,17). The highest BCUT2D eigenvalue weighted by Gasteiger charge is 2.23. The molecule has 2 rings (SSSR count). The number of nitrogens with one attached hydrogen (secondary N) is 1. The van der Waals surface area contributed by atoms with Crippen molar-refractivity contribution in [2.24, 2.45) is 5.92 Å². The number of aromatic carboxylic acids is 1. The molecule has 1 aromatic carbocycles. The molecule has 0 radical (unpaired) electrons. The second kappa shape index (κ2) is 5.08. The van der Waals surface area contributed by atoms with Gasteiger partial charge in [-0.15, -0.1) is 0 Å². The van der Waals surface area contributed by atoms with Crippen LogP contribution >= 0.6 is 15.9 Å². The number of hydrogen-bond acceptors (Lipinski definition) is 2. The summed E-state index contributed by atoms with van der Waals surface area (Å²) in [6.07, 6.45) is 3.89. The van der Waals surface area contributed by atoms with E-state index in [-0.39, 0.29) is 0 Å². The van der Waals surface area contributed by atoms with E-state index in [1.54, 1.807) is 12.1 Å². The number of carboxylic acids is 1. The molecule has 1 aromatic rings. The molecule has 1 aliphatic carbocycles. The van der Waals surface area contributed by atoms with Gasteiger partial charge in [-0.25, -0.2) is 4.79 Å². The molecule has 0 aromatic heterocycles. The Morgan fingerprint density at radius 3 is 2.82 bits per heavy atom. The maximum absolute atomic E-state index is 10.8. The Hall–Kier alpha value is -1.03. The summed E-state index contributed by atoms with van der Waals surface area (Å²) in [7, 11) is 0. The predicted octanol–water partition coefficient (Wildman–Crippen LogP) is 3.75. The molecule has 0 saturated heterocycles. The highest BCUT2D eigenvalue weighted by atomic mass is 79.9. The Kier molecular flexibility index (Phi) is 3.72. The molecule has 17 heavy (non-hydrogen) atoms. The molecule has 0 spiro atoms. The van der Waals surface area contributed by atoms with Crippen molar-refractivity contribution in [1.82, 2.24) is 0 Å². The van der Waals surface area contributed by atoms with Gasteiger partial charge in [-0.3, -0.25) is 0 Å². The van der Waals surface area contributed by atoms with Crippen LogP contribution in [0.25, 0.3) is 0 Å². The molecule has 0 aliphatic heterocycles. The zero-order valence-electron chi connectivity index (χ0n) is 9.74. The predicted molar refractivity (Wildman–Crippen MR) is 71.5 cm³/mol. The fourth-order valence-electron chi connectivity index (χ4n) is 1.94. The molecule has 0 heterocycles. The monoisotopic (exact) mass is 297 g/mol. The maximum atomic E-state index is 10.8. The summed E-state index contributed by atoms with van der Waals surface area (Å²) in [6.45, 7) is 2.16. The van der Waals surface area contributed by atoms with Gasteiger partial charge in [-0.2, -0.15) is 0 Å². The molecule has 1 atom stereocenters. The van der Waals surface area contributed by atoms with Crippen LogP contribution in [-0.2, 0) is 0 Å². The van der Waals surface area contributed by atoms with Gasteiger partial charge in [0.05, 0.1) is 5.56 Å². The van der Waals surface area contributed by atoms with Gasteiger partial charge in [0.25, 0.3) is 0 Å². The highest BCUT2D eigenvalue weighted by Crippen LogP contribution is 2.34.